The second-order valence-corrected chi connectivity index (χ2v) is 7.26. The van der Waals surface area contributed by atoms with Gasteiger partial charge < -0.3 is 29.0 Å². The van der Waals surface area contributed by atoms with Gasteiger partial charge in [-0.1, -0.05) is 0 Å². The first kappa shape index (κ1) is 31.3. The number of carbonyl (C=O) groups is 5. The lowest BCUT2D eigenvalue weighted by molar-refractivity contribution is -0.384. The summed E-state index contributed by atoms with van der Waals surface area (Å²) in [5.74, 6) is -5.64. The minimum absolute atomic E-state index is 0. The maximum atomic E-state index is 12.8. The zero-order chi connectivity index (χ0) is 27.9. The van der Waals surface area contributed by atoms with Crippen molar-refractivity contribution in [3.05, 3.63) is 46.0 Å². The van der Waals surface area contributed by atoms with E-state index in [1.165, 1.54) is 26.2 Å². The van der Waals surface area contributed by atoms with Crippen LogP contribution in [0.4, 0.5) is 11.4 Å². The molecule has 0 saturated heterocycles. The van der Waals surface area contributed by atoms with Crippen LogP contribution in [0.2, 0.25) is 0 Å². The molecular weight excluding hydrogens is 532 g/mol. The molecule has 1 unspecified atom stereocenters. The number of benzene rings is 2. The van der Waals surface area contributed by atoms with E-state index in [0.29, 0.717) is 0 Å². The van der Waals surface area contributed by atoms with Gasteiger partial charge in [-0.3, -0.25) is 29.3 Å². The molecule has 0 spiro atoms. The summed E-state index contributed by atoms with van der Waals surface area (Å²) in [4.78, 5) is 70.3. The van der Waals surface area contributed by atoms with Gasteiger partial charge in [-0.25, -0.2) is 4.79 Å². The molecule has 2 aromatic carbocycles. The summed E-state index contributed by atoms with van der Waals surface area (Å²) in [6.45, 7) is 4.36. The third kappa shape index (κ3) is 8.44. The van der Waals surface area contributed by atoms with Gasteiger partial charge in [0.25, 0.3) is 11.6 Å². The number of esters is 4. The monoisotopic (exact) mass is 554 g/mol. The zero-order valence-corrected chi connectivity index (χ0v) is 21.5. The van der Waals surface area contributed by atoms with E-state index >= 15 is 0 Å². The van der Waals surface area contributed by atoms with Gasteiger partial charge in [0, 0.05) is 32.9 Å². The number of methoxy groups -OCH3 is 1. The van der Waals surface area contributed by atoms with Gasteiger partial charge in [0.05, 0.1) is 23.3 Å². The molecule has 15 heteroatoms. The Labute approximate surface area is 221 Å². The molecule has 204 valence electrons. The number of nitro benzene ring substituents is 1. The highest BCUT2D eigenvalue weighted by Gasteiger charge is 2.26. The van der Waals surface area contributed by atoms with Gasteiger partial charge >= 0.3 is 23.9 Å². The SMILES string of the molecule is COc1ccc([N+](=O)[O-])cc1NC(=O)C(C)OC(=O)c1cc(OC(C)=O)c(OC(C)=O)c(OC(C)=O)c1.Cl. The minimum Gasteiger partial charge on any atom is -0.495 e. The van der Waals surface area contributed by atoms with Crippen molar-refractivity contribution >= 4 is 53.6 Å². The van der Waals surface area contributed by atoms with E-state index in [1.807, 2.05) is 0 Å². The molecule has 14 nitrogen and oxygen atoms in total. The van der Waals surface area contributed by atoms with E-state index in [-0.39, 0.29) is 35.1 Å². The first-order valence-corrected chi connectivity index (χ1v) is 10.4. The molecule has 2 rings (SSSR count). The van der Waals surface area contributed by atoms with Crippen molar-refractivity contribution in [2.75, 3.05) is 12.4 Å². The molecule has 38 heavy (non-hydrogen) atoms. The number of halogens is 1. The number of anilines is 1. The number of hydrogen-bond donors (Lipinski definition) is 1. The summed E-state index contributed by atoms with van der Waals surface area (Å²) in [7, 11) is 1.29. The number of nitrogens with one attached hydrogen (secondary N) is 1. The standard InChI is InChI=1S/C23H22N2O12.ClH/c1-11(22(29)24-17-10-16(25(31)32)6-7-18(17)33-5)34-23(30)15-8-19(35-12(2)26)21(37-14(4)28)20(9-15)36-13(3)27;/h6-11H,1-5H3,(H,24,29);1H. The van der Waals surface area contributed by atoms with Gasteiger partial charge in [-0.2, -0.15) is 0 Å². The van der Waals surface area contributed by atoms with E-state index < -0.39 is 58.1 Å². The molecule has 0 aliphatic heterocycles. The van der Waals surface area contributed by atoms with Crippen molar-refractivity contribution in [1.82, 2.24) is 0 Å². The molecule has 2 aromatic rings. The van der Waals surface area contributed by atoms with Crippen LogP contribution in [0.1, 0.15) is 38.1 Å². The average Bonchev–Trinajstić information content (AvgIpc) is 2.79. The van der Waals surface area contributed by atoms with Crippen LogP contribution in [0.25, 0.3) is 0 Å². The summed E-state index contributed by atoms with van der Waals surface area (Å²) in [5.41, 5.74) is -0.676. The van der Waals surface area contributed by atoms with E-state index in [1.54, 1.807) is 0 Å². The Morgan fingerprint density at radius 2 is 1.39 bits per heavy atom. The van der Waals surface area contributed by atoms with Crippen molar-refractivity contribution in [2.24, 2.45) is 0 Å². The lowest BCUT2D eigenvalue weighted by Gasteiger charge is -2.17. The highest BCUT2D eigenvalue weighted by molar-refractivity contribution is 5.99. The van der Waals surface area contributed by atoms with Crippen molar-refractivity contribution in [3.63, 3.8) is 0 Å². The van der Waals surface area contributed by atoms with Crippen LogP contribution in [-0.2, 0) is 23.9 Å². The Hall–Kier alpha value is -4.72. The maximum absolute atomic E-state index is 12.8. The highest BCUT2D eigenvalue weighted by atomic mass is 35.5. The summed E-state index contributed by atoms with van der Waals surface area (Å²) >= 11 is 0. The fourth-order valence-corrected chi connectivity index (χ4v) is 2.82. The van der Waals surface area contributed by atoms with Gasteiger partial charge in [0.15, 0.2) is 17.6 Å². The topological polar surface area (TPSA) is 187 Å². The summed E-state index contributed by atoms with van der Waals surface area (Å²) in [5, 5.41) is 13.4. The number of hydrogen-bond acceptors (Lipinski definition) is 12. The molecule has 0 aliphatic rings. The fraction of sp³-hybridized carbons (Fsp3) is 0.261. The fourth-order valence-electron chi connectivity index (χ4n) is 2.82. The lowest BCUT2D eigenvalue weighted by Crippen LogP contribution is -2.30. The molecule has 0 aliphatic carbocycles. The highest BCUT2D eigenvalue weighted by Crippen LogP contribution is 2.40. The molecule has 1 atom stereocenters. The molecular formula is C23H23ClN2O12. The predicted octanol–water partition coefficient (Wildman–Crippen LogP) is 2.99. The number of nitrogens with zero attached hydrogens (tertiary/aromatic N) is 1. The van der Waals surface area contributed by atoms with Crippen molar-refractivity contribution in [1.29, 1.82) is 0 Å². The molecule has 1 amide bonds. The minimum atomic E-state index is -1.43. The first-order chi connectivity index (χ1) is 17.3. The van der Waals surface area contributed by atoms with Gasteiger partial charge in [0.2, 0.25) is 5.75 Å². The summed E-state index contributed by atoms with van der Waals surface area (Å²) < 4.78 is 25.2. The number of nitro groups is 1. The Morgan fingerprint density at radius 3 is 1.84 bits per heavy atom. The lowest BCUT2D eigenvalue weighted by atomic mass is 10.1. The predicted molar refractivity (Wildman–Crippen MR) is 131 cm³/mol. The van der Waals surface area contributed by atoms with E-state index in [0.717, 1.165) is 39.0 Å². The normalized spacial score (nSPS) is 10.7. The molecule has 0 saturated carbocycles. The number of ether oxygens (including phenoxy) is 5. The first-order valence-electron chi connectivity index (χ1n) is 10.4. The molecule has 1 N–H and O–H groups in total. The third-order valence-electron chi connectivity index (χ3n) is 4.31. The van der Waals surface area contributed by atoms with E-state index in [9.17, 15) is 34.1 Å². The van der Waals surface area contributed by atoms with Crippen LogP contribution in [0.15, 0.2) is 30.3 Å². The van der Waals surface area contributed by atoms with Crippen LogP contribution in [0.5, 0.6) is 23.0 Å². The van der Waals surface area contributed by atoms with Crippen LogP contribution in [0.3, 0.4) is 0 Å². The van der Waals surface area contributed by atoms with Gasteiger partial charge in [-0.15, -0.1) is 12.4 Å². The van der Waals surface area contributed by atoms with Gasteiger partial charge in [-0.05, 0) is 25.1 Å². The number of carbonyl (C=O) groups excluding carboxylic acids is 5. The Balaban J connectivity index is 0.00000722. The summed E-state index contributed by atoms with van der Waals surface area (Å²) in [6.07, 6.45) is -1.43. The van der Waals surface area contributed by atoms with Crippen molar-refractivity contribution in [3.8, 4) is 23.0 Å². The molecule has 0 radical (unpaired) electrons. The maximum Gasteiger partial charge on any atom is 0.339 e. The number of non-ortho nitro benzene ring substituents is 1. The number of amides is 1. The number of rotatable bonds is 9. The van der Waals surface area contributed by atoms with Crippen LogP contribution in [0, 0.1) is 10.1 Å². The molecule has 0 bridgehead atoms. The molecule has 0 aromatic heterocycles. The van der Waals surface area contributed by atoms with Crippen molar-refractivity contribution in [2.45, 2.75) is 33.8 Å². The summed E-state index contributed by atoms with van der Waals surface area (Å²) in [6, 6.07) is 5.50. The average molecular weight is 555 g/mol. The Kier molecular flexibility index (Phi) is 11.2. The molecule has 0 fully saturated rings. The smallest absolute Gasteiger partial charge is 0.339 e. The van der Waals surface area contributed by atoms with Crippen molar-refractivity contribution < 1.29 is 52.6 Å². The second kappa shape index (κ2) is 13.5. The Bertz CT molecular complexity index is 1240. The van der Waals surface area contributed by atoms with E-state index in [2.05, 4.69) is 5.32 Å². The largest absolute Gasteiger partial charge is 0.495 e. The Morgan fingerprint density at radius 1 is 0.868 bits per heavy atom. The molecule has 0 heterocycles. The van der Waals surface area contributed by atoms with Crippen LogP contribution >= 0.6 is 12.4 Å². The van der Waals surface area contributed by atoms with Crippen LogP contribution < -0.4 is 24.3 Å². The zero-order valence-electron chi connectivity index (χ0n) is 20.7. The third-order valence-corrected chi connectivity index (χ3v) is 4.31. The quantitative estimate of drug-likeness (QED) is 0.207. The van der Waals surface area contributed by atoms with Gasteiger partial charge in [0.1, 0.15) is 5.75 Å². The second-order valence-electron chi connectivity index (χ2n) is 7.26. The van der Waals surface area contributed by atoms with E-state index in [4.69, 9.17) is 23.7 Å². The van der Waals surface area contributed by atoms with Crippen LogP contribution in [-0.4, -0.2) is 47.9 Å².